The maximum atomic E-state index is 12.3. The second-order valence-corrected chi connectivity index (χ2v) is 5.29. The maximum absolute atomic E-state index is 12.3. The van der Waals surface area contributed by atoms with Gasteiger partial charge in [-0.2, -0.15) is 0 Å². The predicted octanol–water partition coefficient (Wildman–Crippen LogP) is 1.28. The van der Waals surface area contributed by atoms with Crippen LogP contribution in [0.2, 0.25) is 0 Å². The zero-order valence-electron chi connectivity index (χ0n) is 12.9. The highest BCUT2D eigenvalue weighted by Crippen LogP contribution is 2.17. The smallest absolute Gasteiger partial charge is 0.251 e. The molecule has 2 N–H and O–H groups in total. The van der Waals surface area contributed by atoms with Crippen LogP contribution in [0.3, 0.4) is 0 Å². The SMILES string of the molecule is CCN(CC)C(=O)C(C)NC(=O)c1ccc2c(c1)CNC2. The predicted molar refractivity (Wildman–Crippen MR) is 81.8 cm³/mol. The largest absolute Gasteiger partial charge is 0.341 e. The van der Waals surface area contributed by atoms with Gasteiger partial charge in [0.15, 0.2) is 0 Å². The van der Waals surface area contributed by atoms with E-state index in [1.165, 1.54) is 5.56 Å². The van der Waals surface area contributed by atoms with Crippen molar-refractivity contribution in [1.82, 2.24) is 15.5 Å². The lowest BCUT2D eigenvalue weighted by Gasteiger charge is -2.23. The monoisotopic (exact) mass is 289 g/mol. The van der Waals surface area contributed by atoms with Crippen molar-refractivity contribution in [3.8, 4) is 0 Å². The molecule has 0 radical (unpaired) electrons. The Morgan fingerprint density at radius 2 is 1.90 bits per heavy atom. The number of nitrogens with one attached hydrogen (secondary N) is 2. The van der Waals surface area contributed by atoms with Gasteiger partial charge in [-0.3, -0.25) is 9.59 Å². The minimum atomic E-state index is -0.510. The fraction of sp³-hybridized carbons (Fsp3) is 0.500. The van der Waals surface area contributed by atoms with Crippen LogP contribution in [0.1, 0.15) is 42.3 Å². The van der Waals surface area contributed by atoms with Crippen LogP contribution in [0.4, 0.5) is 0 Å². The number of carbonyl (C=O) groups excluding carboxylic acids is 2. The summed E-state index contributed by atoms with van der Waals surface area (Å²) in [6, 6.07) is 5.18. The van der Waals surface area contributed by atoms with Gasteiger partial charge in [-0.15, -0.1) is 0 Å². The van der Waals surface area contributed by atoms with Crippen molar-refractivity contribution in [3.63, 3.8) is 0 Å². The molecule has 1 aliphatic rings. The van der Waals surface area contributed by atoms with Crippen LogP contribution in [-0.2, 0) is 17.9 Å². The molecule has 2 amide bonds. The van der Waals surface area contributed by atoms with Gasteiger partial charge >= 0.3 is 0 Å². The Morgan fingerprint density at radius 3 is 2.57 bits per heavy atom. The quantitative estimate of drug-likeness (QED) is 0.858. The maximum Gasteiger partial charge on any atom is 0.251 e. The van der Waals surface area contributed by atoms with Crippen LogP contribution in [0.5, 0.6) is 0 Å². The zero-order valence-corrected chi connectivity index (χ0v) is 12.9. The number of carbonyl (C=O) groups is 2. The van der Waals surface area contributed by atoms with Crippen LogP contribution in [0.15, 0.2) is 18.2 Å². The first kappa shape index (κ1) is 15.5. The normalized spacial score (nSPS) is 14.4. The molecule has 0 aliphatic carbocycles. The molecule has 0 saturated heterocycles. The molecule has 1 heterocycles. The third-order valence-electron chi connectivity index (χ3n) is 3.89. The second kappa shape index (κ2) is 6.72. The van der Waals surface area contributed by atoms with Gasteiger partial charge in [0.2, 0.25) is 5.91 Å². The van der Waals surface area contributed by atoms with Gasteiger partial charge in [-0.1, -0.05) is 6.07 Å². The molecule has 2 rings (SSSR count). The van der Waals surface area contributed by atoms with E-state index < -0.39 is 6.04 Å². The van der Waals surface area contributed by atoms with E-state index in [2.05, 4.69) is 10.6 Å². The fourth-order valence-electron chi connectivity index (χ4n) is 2.59. The van der Waals surface area contributed by atoms with Gasteiger partial charge in [0.1, 0.15) is 6.04 Å². The van der Waals surface area contributed by atoms with Crippen molar-refractivity contribution in [3.05, 3.63) is 34.9 Å². The second-order valence-electron chi connectivity index (χ2n) is 5.29. The molecule has 1 aliphatic heterocycles. The Labute approximate surface area is 125 Å². The van der Waals surface area contributed by atoms with Crippen LogP contribution in [0.25, 0.3) is 0 Å². The summed E-state index contributed by atoms with van der Waals surface area (Å²) in [5, 5.41) is 6.04. The molecule has 0 fully saturated rings. The molecule has 0 bridgehead atoms. The topological polar surface area (TPSA) is 61.4 Å². The molecule has 21 heavy (non-hydrogen) atoms. The Morgan fingerprint density at radius 1 is 1.24 bits per heavy atom. The van der Waals surface area contributed by atoms with Crippen molar-refractivity contribution in [2.75, 3.05) is 13.1 Å². The van der Waals surface area contributed by atoms with Gasteiger partial charge in [-0.25, -0.2) is 0 Å². The van der Waals surface area contributed by atoms with E-state index in [1.807, 2.05) is 32.0 Å². The van der Waals surface area contributed by atoms with Crippen molar-refractivity contribution in [2.24, 2.45) is 0 Å². The number of fused-ring (bicyclic) bond motifs is 1. The summed E-state index contributed by atoms with van der Waals surface area (Å²) in [6.07, 6.45) is 0. The Bertz CT molecular complexity index is 538. The average molecular weight is 289 g/mol. The summed E-state index contributed by atoms with van der Waals surface area (Å²) in [6.45, 7) is 8.55. The molecule has 1 aromatic rings. The third-order valence-corrected chi connectivity index (χ3v) is 3.89. The molecule has 0 saturated carbocycles. The minimum absolute atomic E-state index is 0.0452. The van der Waals surface area contributed by atoms with Gasteiger partial charge in [0.25, 0.3) is 5.91 Å². The number of rotatable bonds is 5. The first-order valence-corrected chi connectivity index (χ1v) is 7.49. The molecule has 5 nitrogen and oxygen atoms in total. The van der Waals surface area contributed by atoms with E-state index in [0.717, 1.165) is 18.7 Å². The van der Waals surface area contributed by atoms with Crippen LogP contribution in [0, 0.1) is 0 Å². The lowest BCUT2D eigenvalue weighted by Crippen LogP contribution is -2.46. The van der Waals surface area contributed by atoms with Gasteiger partial charge in [0.05, 0.1) is 0 Å². The lowest BCUT2D eigenvalue weighted by molar-refractivity contribution is -0.132. The zero-order chi connectivity index (χ0) is 15.4. The summed E-state index contributed by atoms with van der Waals surface area (Å²) in [4.78, 5) is 26.1. The van der Waals surface area contributed by atoms with Gasteiger partial charge < -0.3 is 15.5 Å². The van der Waals surface area contributed by atoms with Crippen LogP contribution < -0.4 is 10.6 Å². The number of amides is 2. The lowest BCUT2D eigenvalue weighted by atomic mass is 10.1. The molecule has 0 spiro atoms. The highest BCUT2D eigenvalue weighted by Gasteiger charge is 2.21. The fourth-order valence-corrected chi connectivity index (χ4v) is 2.59. The van der Waals surface area contributed by atoms with E-state index in [1.54, 1.807) is 11.8 Å². The van der Waals surface area contributed by atoms with Crippen molar-refractivity contribution in [1.29, 1.82) is 0 Å². The Balaban J connectivity index is 2.02. The number of hydrogen-bond donors (Lipinski definition) is 2. The first-order chi connectivity index (χ1) is 10.1. The van der Waals surface area contributed by atoms with Crippen LogP contribution in [-0.4, -0.2) is 35.8 Å². The number of nitrogens with zero attached hydrogens (tertiary/aromatic N) is 1. The Kier molecular flexibility index (Phi) is 4.96. The summed E-state index contributed by atoms with van der Waals surface area (Å²) < 4.78 is 0. The highest BCUT2D eigenvalue weighted by molar-refractivity contribution is 5.97. The first-order valence-electron chi connectivity index (χ1n) is 7.49. The van der Waals surface area contributed by atoms with E-state index in [9.17, 15) is 9.59 Å². The van der Waals surface area contributed by atoms with E-state index >= 15 is 0 Å². The van der Waals surface area contributed by atoms with E-state index in [-0.39, 0.29) is 11.8 Å². The summed E-state index contributed by atoms with van der Waals surface area (Å²) >= 11 is 0. The number of hydrogen-bond acceptors (Lipinski definition) is 3. The number of likely N-dealkylation sites (N-methyl/N-ethyl adjacent to an activating group) is 1. The number of benzene rings is 1. The van der Waals surface area contributed by atoms with E-state index in [4.69, 9.17) is 0 Å². The van der Waals surface area contributed by atoms with Gasteiger partial charge in [0, 0.05) is 31.7 Å². The average Bonchev–Trinajstić information content (AvgIpc) is 2.95. The molecular formula is C16H23N3O2. The van der Waals surface area contributed by atoms with Crippen molar-refractivity contribution < 1.29 is 9.59 Å². The summed E-state index contributed by atoms with van der Waals surface area (Å²) in [7, 11) is 0. The summed E-state index contributed by atoms with van der Waals surface area (Å²) in [5.74, 6) is -0.242. The summed E-state index contributed by atoms with van der Waals surface area (Å²) in [5.41, 5.74) is 3.00. The molecule has 0 aromatic heterocycles. The van der Waals surface area contributed by atoms with Gasteiger partial charge in [-0.05, 0) is 44.0 Å². The van der Waals surface area contributed by atoms with E-state index in [0.29, 0.717) is 18.7 Å². The molecular weight excluding hydrogens is 266 g/mol. The third kappa shape index (κ3) is 3.42. The highest BCUT2D eigenvalue weighted by atomic mass is 16.2. The molecule has 114 valence electrons. The standard InChI is InChI=1S/C16H23N3O2/c1-4-19(5-2)16(21)11(3)18-15(20)12-6-7-13-9-17-10-14(13)8-12/h6-8,11,17H,4-5,9-10H2,1-3H3,(H,18,20). The molecule has 5 heteroatoms. The molecule has 1 unspecified atom stereocenters. The Hall–Kier alpha value is -1.88. The van der Waals surface area contributed by atoms with Crippen molar-refractivity contribution >= 4 is 11.8 Å². The molecule has 1 aromatic carbocycles. The van der Waals surface area contributed by atoms with Crippen LogP contribution >= 0.6 is 0 Å². The van der Waals surface area contributed by atoms with Crippen molar-refractivity contribution in [2.45, 2.75) is 39.9 Å². The minimum Gasteiger partial charge on any atom is -0.341 e. The molecule has 1 atom stereocenters.